The Hall–Kier alpha value is -1.91. The second-order valence-electron chi connectivity index (χ2n) is 3.14. The van der Waals surface area contributed by atoms with Crippen molar-refractivity contribution in [2.24, 2.45) is 0 Å². The second-order valence-corrected chi connectivity index (χ2v) is 3.14. The van der Waals surface area contributed by atoms with E-state index >= 15 is 0 Å². The van der Waals surface area contributed by atoms with Crippen LogP contribution in [0.1, 0.15) is 5.56 Å². The van der Waals surface area contributed by atoms with Gasteiger partial charge in [-0.3, -0.25) is 9.97 Å². The van der Waals surface area contributed by atoms with Gasteiger partial charge in [-0.2, -0.15) is 13.2 Å². The Kier molecular flexibility index (Phi) is 2.60. The molecule has 2 aromatic heterocycles. The van der Waals surface area contributed by atoms with Crippen LogP contribution in [0, 0.1) is 0 Å². The van der Waals surface area contributed by atoms with Gasteiger partial charge in [0.1, 0.15) is 0 Å². The lowest BCUT2D eigenvalue weighted by Gasteiger charge is -2.07. The maximum absolute atomic E-state index is 12.4. The van der Waals surface area contributed by atoms with Gasteiger partial charge < -0.3 is 0 Å². The molecule has 82 valence electrons. The average Bonchev–Trinajstić information content (AvgIpc) is 2.29. The molecule has 2 rings (SSSR count). The van der Waals surface area contributed by atoms with E-state index in [1.165, 1.54) is 6.20 Å². The number of nitrogens with zero attached hydrogens (tertiary/aromatic N) is 2. The minimum absolute atomic E-state index is 0.218. The lowest BCUT2D eigenvalue weighted by atomic mass is 10.2. The molecule has 0 spiro atoms. The van der Waals surface area contributed by atoms with Crippen LogP contribution in [0.25, 0.3) is 11.4 Å². The number of halogens is 3. The summed E-state index contributed by atoms with van der Waals surface area (Å²) in [6, 6.07) is 6.93. The summed E-state index contributed by atoms with van der Waals surface area (Å²) in [6.07, 6.45) is -1.71. The molecule has 0 saturated carbocycles. The zero-order valence-corrected chi connectivity index (χ0v) is 8.07. The number of hydrogen-bond donors (Lipinski definition) is 0. The SMILES string of the molecule is FC(F)(F)c1ccnc(-c2ccccn2)c1. The fraction of sp³-hybridized carbons (Fsp3) is 0.0909. The van der Waals surface area contributed by atoms with Crippen LogP contribution in [0.4, 0.5) is 13.2 Å². The van der Waals surface area contributed by atoms with Gasteiger partial charge in [-0.05, 0) is 24.3 Å². The van der Waals surface area contributed by atoms with Crippen molar-refractivity contribution < 1.29 is 13.2 Å². The highest BCUT2D eigenvalue weighted by atomic mass is 19.4. The van der Waals surface area contributed by atoms with E-state index in [1.54, 1.807) is 18.2 Å². The highest BCUT2D eigenvalue weighted by Gasteiger charge is 2.30. The predicted octanol–water partition coefficient (Wildman–Crippen LogP) is 3.16. The Balaban J connectivity index is 2.45. The summed E-state index contributed by atoms with van der Waals surface area (Å²) in [6.45, 7) is 0. The summed E-state index contributed by atoms with van der Waals surface area (Å²) in [5.41, 5.74) is -0.0767. The molecule has 0 radical (unpaired) electrons. The molecule has 0 N–H and O–H groups in total. The summed E-state index contributed by atoms with van der Waals surface area (Å²) in [5.74, 6) is 0. The number of alkyl halides is 3. The predicted molar refractivity (Wildman–Crippen MR) is 52.5 cm³/mol. The number of hydrogen-bond acceptors (Lipinski definition) is 2. The molecular weight excluding hydrogens is 217 g/mol. The summed E-state index contributed by atoms with van der Waals surface area (Å²) >= 11 is 0. The third-order valence-electron chi connectivity index (χ3n) is 2.01. The zero-order chi connectivity index (χ0) is 11.6. The van der Waals surface area contributed by atoms with Crippen LogP contribution in [-0.4, -0.2) is 9.97 Å². The van der Waals surface area contributed by atoms with E-state index in [9.17, 15) is 13.2 Å². The monoisotopic (exact) mass is 224 g/mol. The Morgan fingerprint density at radius 1 is 0.875 bits per heavy atom. The molecule has 0 aliphatic heterocycles. The molecule has 2 aromatic rings. The molecule has 0 aromatic carbocycles. The van der Waals surface area contributed by atoms with Gasteiger partial charge in [0.15, 0.2) is 0 Å². The standard InChI is InChI=1S/C11H7F3N2/c12-11(13,14)8-4-6-16-10(7-8)9-3-1-2-5-15-9/h1-7H. The van der Waals surface area contributed by atoms with Crippen molar-refractivity contribution in [2.45, 2.75) is 6.18 Å². The zero-order valence-electron chi connectivity index (χ0n) is 8.07. The van der Waals surface area contributed by atoms with Crippen LogP contribution in [0.5, 0.6) is 0 Å². The normalized spacial score (nSPS) is 11.4. The van der Waals surface area contributed by atoms with Gasteiger partial charge in [0.25, 0.3) is 0 Å². The Labute approximate surface area is 89.8 Å². The van der Waals surface area contributed by atoms with Gasteiger partial charge in [-0.15, -0.1) is 0 Å². The summed E-state index contributed by atoms with van der Waals surface area (Å²) < 4.78 is 37.3. The number of aromatic nitrogens is 2. The minimum atomic E-state index is -4.35. The van der Waals surface area contributed by atoms with E-state index in [1.807, 2.05) is 0 Å². The first-order chi connectivity index (χ1) is 7.57. The summed E-state index contributed by atoms with van der Waals surface area (Å²) in [4.78, 5) is 7.80. The third-order valence-corrected chi connectivity index (χ3v) is 2.01. The van der Waals surface area contributed by atoms with Crippen molar-refractivity contribution in [3.63, 3.8) is 0 Å². The van der Waals surface area contributed by atoms with Crippen molar-refractivity contribution in [2.75, 3.05) is 0 Å². The van der Waals surface area contributed by atoms with Crippen LogP contribution in [0.2, 0.25) is 0 Å². The molecule has 2 nitrogen and oxygen atoms in total. The largest absolute Gasteiger partial charge is 0.416 e. The average molecular weight is 224 g/mol. The number of rotatable bonds is 1. The highest BCUT2D eigenvalue weighted by molar-refractivity contribution is 5.54. The quantitative estimate of drug-likeness (QED) is 0.743. The molecular formula is C11H7F3N2. The molecule has 0 fully saturated rings. The molecule has 5 heteroatoms. The molecule has 2 heterocycles. The molecule has 0 atom stereocenters. The van der Waals surface area contributed by atoms with Crippen LogP contribution in [0.15, 0.2) is 42.7 Å². The topological polar surface area (TPSA) is 25.8 Å². The van der Waals surface area contributed by atoms with Crippen molar-refractivity contribution in [1.82, 2.24) is 9.97 Å². The first-order valence-corrected chi connectivity index (χ1v) is 4.52. The first-order valence-electron chi connectivity index (χ1n) is 4.52. The Bertz CT molecular complexity index is 480. The van der Waals surface area contributed by atoms with E-state index < -0.39 is 11.7 Å². The van der Waals surface area contributed by atoms with Crippen LogP contribution >= 0.6 is 0 Å². The maximum Gasteiger partial charge on any atom is 0.416 e. The molecule has 16 heavy (non-hydrogen) atoms. The van der Waals surface area contributed by atoms with Gasteiger partial charge in [0.05, 0.1) is 17.0 Å². The Morgan fingerprint density at radius 2 is 1.62 bits per heavy atom. The molecule has 0 unspecified atom stereocenters. The molecule has 0 aliphatic rings. The van der Waals surface area contributed by atoms with Gasteiger partial charge in [0, 0.05) is 12.4 Å². The van der Waals surface area contributed by atoms with Gasteiger partial charge >= 0.3 is 6.18 Å². The smallest absolute Gasteiger partial charge is 0.255 e. The molecule has 0 bridgehead atoms. The fourth-order valence-electron chi connectivity index (χ4n) is 1.26. The van der Waals surface area contributed by atoms with E-state index in [-0.39, 0.29) is 5.69 Å². The molecule has 0 amide bonds. The van der Waals surface area contributed by atoms with Gasteiger partial charge in [0.2, 0.25) is 0 Å². The third kappa shape index (κ3) is 2.18. The first kappa shape index (κ1) is 10.6. The van der Waals surface area contributed by atoms with E-state index in [4.69, 9.17) is 0 Å². The van der Waals surface area contributed by atoms with E-state index in [0.717, 1.165) is 18.3 Å². The van der Waals surface area contributed by atoms with Crippen LogP contribution in [-0.2, 0) is 6.18 Å². The number of pyridine rings is 2. The summed E-state index contributed by atoms with van der Waals surface area (Å²) in [7, 11) is 0. The lowest BCUT2D eigenvalue weighted by Crippen LogP contribution is -2.05. The lowest BCUT2D eigenvalue weighted by molar-refractivity contribution is -0.137. The van der Waals surface area contributed by atoms with Gasteiger partial charge in [-0.25, -0.2) is 0 Å². The Morgan fingerprint density at radius 3 is 2.25 bits per heavy atom. The minimum Gasteiger partial charge on any atom is -0.255 e. The van der Waals surface area contributed by atoms with E-state index in [0.29, 0.717) is 5.69 Å². The van der Waals surface area contributed by atoms with Crippen molar-refractivity contribution in [1.29, 1.82) is 0 Å². The van der Waals surface area contributed by atoms with E-state index in [2.05, 4.69) is 9.97 Å². The molecule has 0 saturated heterocycles. The van der Waals surface area contributed by atoms with Crippen molar-refractivity contribution in [3.8, 4) is 11.4 Å². The van der Waals surface area contributed by atoms with Crippen molar-refractivity contribution >= 4 is 0 Å². The fourth-order valence-corrected chi connectivity index (χ4v) is 1.26. The van der Waals surface area contributed by atoms with Crippen LogP contribution < -0.4 is 0 Å². The summed E-state index contributed by atoms with van der Waals surface area (Å²) in [5, 5.41) is 0. The van der Waals surface area contributed by atoms with Gasteiger partial charge in [-0.1, -0.05) is 6.07 Å². The van der Waals surface area contributed by atoms with Crippen molar-refractivity contribution in [3.05, 3.63) is 48.3 Å². The highest BCUT2D eigenvalue weighted by Crippen LogP contribution is 2.30. The second kappa shape index (κ2) is 3.92. The van der Waals surface area contributed by atoms with Crippen LogP contribution in [0.3, 0.4) is 0 Å². The molecule has 0 aliphatic carbocycles. The maximum atomic E-state index is 12.4.